The molecule has 1 saturated heterocycles. The van der Waals surface area contributed by atoms with Gasteiger partial charge in [-0.15, -0.1) is 6.58 Å². The first-order chi connectivity index (χ1) is 12.3. The number of halogens is 3. The lowest BCUT2D eigenvalue weighted by molar-refractivity contribution is -0.134. The van der Waals surface area contributed by atoms with E-state index in [1.165, 1.54) is 17.1 Å². The predicted octanol–water partition coefficient (Wildman–Crippen LogP) is 4.13. The van der Waals surface area contributed by atoms with E-state index < -0.39 is 35.5 Å². The highest BCUT2D eigenvalue weighted by molar-refractivity contribution is 5.87. The molecule has 1 aliphatic heterocycles. The molecule has 0 aromatic heterocycles. The normalized spacial score (nSPS) is 20.3. The van der Waals surface area contributed by atoms with Crippen LogP contribution in [0.4, 0.5) is 13.2 Å². The van der Waals surface area contributed by atoms with Crippen LogP contribution in [0.1, 0.15) is 44.2 Å². The molecular weight excluding hydrogens is 347 g/mol. The monoisotopic (exact) mass is 367 g/mol. The first-order valence-corrected chi connectivity index (χ1v) is 8.30. The standard InChI is InChI=1S/C19H20F3NO3/c1-3-5-17(24)23-13(8-11(4-2)19(25)26)6-7-16(23)12-9-14(20)18(22)15(21)10-12/h3,8-10,13,16H,1,4-7H2,2H3,(H,25,26)/t13-,16+/m1/s1. The van der Waals surface area contributed by atoms with Gasteiger partial charge in [0.1, 0.15) is 0 Å². The van der Waals surface area contributed by atoms with Gasteiger partial charge in [-0.05, 0) is 37.0 Å². The van der Waals surface area contributed by atoms with E-state index in [1.54, 1.807) is 6.92 Å². The van der Waals surface area contributed by atoms with Crippen LogP contribution in [0.3, 0.4) is 0 Å². The van der Waals surface area contributed by atoms with Gasteiger partial charge in [0, 0.05) is 12.0 Å². The smallest absolute Gasteiger partial charge is 0.331 e. The number of aliphatic carboxylic acids is 1. The van der Waals surface area contributed by atoms with Crippen LogP contribution >= 0.6 is 0 Å². The molecule has 1 N–H and O–H groups in total. The van der Waals surface area contributed by atoms with Crippen molar-refractivity contribution < 1.29 is 27.9 Å². The van der Waals surface area contributed by atoms with Crippen molar-refractivity contribution in [3.63, 3.8) is 0 Å². The Balaban J connectivity index is 2.45. The molecule has 0 aliphatic carbocycles. The molecule has 1 aliphatic rings. The first-order valence-electron chi connectivity index (χ1n) is 8.30. The van der Waals surface area contributed by atoms with Gasteiger partial charge in [-0.2, -0.15) is 0 Å². The average molecular weight is 367 g/mol. The molecule has 1 aromatic rings. The molecule has 0 unspecified atom stereocenters. The van der Waals surface area contributed by atoms with Gasteiger partial charge in [0.25, 0.3) is 0 Å². The molecule has 2 rings (SSSR count). The summed E-state index contributed by atoms with van der Waals surface area (Å²) < 4.78 is 40.5. The van der Waals surface area contributed by atoms with Crippen LogP contribution in [0.2, 0.25) is 0 Å². The van der Waals surface area contributed by atoms with Crippen LogP contribution in [0.5, 0.6) is 0 Å². The van der Waals surface area contributed by atoms with Crippen molar-refractivity contribution in [1.29, 1.82) is 0 Å². The summed E-state index contributed by atoms with van der Waals surface area (Å²) in [5.74, 6) is -5.63. The predicted molar refractivity (Wildman–Crippen MR) is 89.7 cm³/mol. The van der Waals surface area contributed by atoms with Crippen LogP contribution in [-0.4, -0.2) is 27.9 Å². The lowest BCUT2D eigenvalue weighted by atomic mass is 10.0. The number of nitrogens with zero attached hydrogens (tertiary/aromatic N) is 1. The highest BCUT2D eigenvalue weighted by atomic mass is 19.2. The number of carboxylic acids is 1. The Morgan fingerprint density at radius 2 is 1.88 bits per heavy atom. The third-order valence-electron chi connectivity index (χ3n) is 4.48. The Bertz CT molecular complexity index is 737. The summed E-state index contributed by atoms with van der Waals surface area (Å²) in [6, 6.07) is 0.567. The second-order valence-corrected chi connectivity index (χ2v) is 6.10. The van der Waals surface area contributed by atoms with E-state index in [1.807, 2.05) is 0 Å². The van der Waals surface area contributed by atoms with E-state index in [2.05, 4.69) is 6.58 Å². The number of benzene rings is 1. The molecule has 2 atom stereocenters. The van der Waals surface area contributed by atoms with Crippen LogP contribution in [0.25, 0.3) is 0 Å². The molecule has 1 aromatic carbocycles. The molecule has 1 amide bonds. The van der Waals surface area contributed by atoms with Crippen LogP contribution < -0.4 is 0 Å². The van der Waals surface area contributed by atoms with E-state index >= 15 is 0 Å². The fraction of sp³-hybridized carbons (Fsp3) is 0.368. The van der Waals surface area contributed by atoms with Crippen LogP contribution in [0, 0.1) is 17.5 Å². The zero-order valence-electron chi connectivity index (χ0n) is 14.3. The third-order valence-corrected chi connectivity index (χ3v) is 4.48. The molecule has 1 fully saturated rings. The Labute approximate surface area is 149 Å². The number of carbonyl (C=O) groups is 2. The fourth-order valence-electron chi connectivity index (χ4n) is 3.26. The molecule has 26 heavy (non-hydrogen) atoms. The molecule has 1 heterocycles. The van der Waals surface area contributed by atoms with E-state index in [4.69, 9.17) is 0 Å². The number of amides is 1. The molecule has 0 spiro atoms. The number of hydrogen-bond acceptors (Lipinski definition) is 2. The minimum Gasteiger partial charge on any atom is -0.478 e. The van der Waals surface area contributed by atoms with Crippen molar-refractivity contribution in [2.24, 2.45) is 0 Å². The number of rotatable bonds is 6. The van der Waals surface area contributed by atoms with Gasteiger partial charge in [-0.1, -0.05) is 19.1 Å². The molecule has 0 bridgehead atoms. The SMILES string of the molecule is C=CCC(=O)N1[C@@H](C=C(CC)C(=O)O)CC[C@H]1c1cc(F)c(F)c(F)c1. The number of hydrogen-bond donors (Lipinski definition) is 1. The Hall–Kier alpha value is -2.57. The second kappa shape index (κ2) is 8.21. The molecular formula is C19H20F3NO3. The average Bonchev–Trinajstić information content (AvgIpc) is 3.00. The Kier molecular flexibility index (Phi) is 6.23. The van der Waals surface area contributed by atoms with Gasteiger partial charge in [0.2, 0.25) is 5.91 Å². The van der Waals surface area contributed by atoms with Crippen molar-refractivity contribution in [3.05, 3.63) is 59.5 Å². The summed E-state index contributed by atoms with van der Waals surface area (Å²) in [5, 5.41) is 9.22. The Morgan fingerprint density at radius 1 is 1.27 bits per heavy atom. The quantitative estimate of drug-likeness (QED) is 0.467. The van der Waals surface area contributed by atoms with Crippen molar-refractivity contribution in [2.75, 3.05) is 0 Å². The largest absolute Gasteiger partial charge is 0.478 e. The zero-order valence-corrected chi connectivity index (χ0v) is 14.3. The maximum absolute atomic E-state index is 13.6. The maximum Gasteiger partial charge on any atom is 0.331 e. The summed E-state index contributed by atoms with van der Waals surface area (Å²) in [4.78, 5) is 25.2. The van der Waals surface area contributed by atoms with Crippen molar-refractivity contribution >= 4 is 11.9 Å². The topological polar surface area (TPSA) is 57.6 Å². The fourth-order valence-corrected chi connectivity index (χ4v) is 3.26. The molecule has 140 valence electrons. The minimum atomic E-state index is -1.56. The lowest BCUT2D eigenvalue weighted by Crippen LogP contribution is -2.36. The lowest BCUT2D eigenvalue weighted by Gasteiger charge is -2.29. The number of carboxylic acid groups (broad SMARTS) is 1. The highest BCUT2D eigenvalue weighted by Crippen LogP contribution is 2.38. The van der Waals surface area contributed by atoms with Gasteiger partial charge < -0.3 is 10.0 Å². The molecule has 0 saturated carbocycles. The molecule has 7 heteroatoms. The van der Waals surface area contributed by atoms with Gasteiger partial charge in [0.05, 0.1) is 12.1 Å². The molecule has 4 nitrogen and oxygen atoms in total. The van der Waals surface area contributed by atoms with Crippen molar-refractivity contribution in [1.82, 2.24) is 4.90 Å². The van der Waals surface area contributed by atoms with Gasteiger partial charge in [-0.25, -0.2) is 18.0 Å². The first kappa shape index (κ1) is 19.8. The second-order valence-electron chi connectivity index (χ2n) is 6.10. The zero-order chi connectivity index (χ0) is 19.4. The maximum atomic E-state index is 13.6. The van der Waals surface area contributed by atoms with Crippen molar-refractivity contribution in [3.8, 4) is 0 Å². The summed E-state index contributed by atoms with van der Waals surface area (Å²) in [6.07, 6.45) is 4.00. The van der Waals surface area contributed by atoms with E-state index in [-0.39, 0.29) is 29.9 Å². The Morgan fingerprint density at radius 3 is 2.38 bits per heavy atom. The van der Waals surface area contributed by atoms with Gasteiger partial charge in [0.15, 0.2) is 17.5 Å². The van der Waals surface area contributed by atoms with Crippen molar-refractivity contribution in [2.45, 2.75) is 44.7 Å². The summed E-state index contributed by atoms with van der Waals surface area (Å²) in [7, 11) is 0. The van der Waals surface area contributed by atoms with Crippen LogP contribution in [0.15, 0.2) is 36.4 Å². The van der Waals surface area contributed by atoms with Gasteiger partial charge in [-0.3, -0.25) is 4.79 Å². The highest BCUT2D eigenvalue weighted by Gasteiger charge is 2.37. The van der Waals surface area contributed by atoms with Crippen LogP contribution in [-0.2, 0) is 9.59 Å². The summed E-state index contributed by atoms with van der Waals surface area (Å²) in [5.41, 5.74) is 0.298. The van der Waals surface area contributed by atoms with Gasteiger partial charge >= 0.3 is 5.97 Å². The van der Waals surface area contributed by atoms with E-state index in [0.717, 1.165) is 12.1 Å². The summed E-state index contributed by atoms with van der Waals surface area (Å²) >= 11 is 0. The molecule has 0 radical (unpaired) electrons. The van der Waals surface area contributed by atoms with E-state index in [0.29, 0.717) is 12.8 Å². The number of likely N-dealkylation sites (tertiary alicyclic amines) is 1. The summed E-state index contributed by atoms with van der Waals surface area (Å²) in [6.45, 7) is 5.20. The third kappa shape index (κ3) is 3.98. The van der Waals surface area contributed by atoms with E-state index in [9.17, 15) is 27.9 Å². The number of carbonyl (C=O) groups excluding carboxylic acids is 1. The minimum absolute atomic E-state index is 0.00152.